The Labute approximate surface area is 105 Å². The summed E-state index contributed by atoms with van der Waals surface area (Å²) in [6.07, 6.45) is 1.37. The third-order valence-electron chi connectivity index (χ3n) is 2.41. The van der Waals surface area contributed by atoms with Crippen LogP contribution in [0.1, 0.15) is 19.5 Å². The number of benzene rings is 1. The third kappa shape index (κ3) is 2.18. The average Bonchev–Trinajstić information content (AvgIpc) is 2.39. The number of nitriles is 1. The number of nitrogens with zero attached hydrogens (tertiary/aromatic N) is 3. The summed E-state index contributed by atoms with van der Waals surface area (Å²) < 4.78 is 11.0. The SMILES string of the molecule is CCOc1cc2ncnc(C#N)c2cc1OCC. The number of fused-ring (bicyclic) bond motifs is 1. The zero-order valence-electron chi connectivity index (χ0n) is 10.3. The van der Waals surface area contributed by atoms with Crippen LogP contribution in [0.5, 0.6) is 11.5 Å². The first-order chi connectivity index (χ1) is 8.80. The van der Waals surface area contributed by atoms with Crippen LogP contribution in [0, 0.1) is 11.3 Å². The van der Waals surface area contributed by atoms with Crippen molar-refractivity contribution in [3.63, 3.8) is 0 Å². The lowest BCUT2D eigenvalue weighted by molar-refractivity contribution is 0.288. The molecule has 0 unspecified atom stereocenters. The highest BCUT2D eigenvalue weighted by Crippen LogP contribution is 2.32. The van der Waals surface area contributed by atoms with Gasteiger partial charge in [0.05, 0.1) is 18.7 Å². The standard InChI is InChI=1S/C13H13N3O2/c1-3-17-12-5-9-10(6-13(12)18-4-2)15-8-16-11(9)7-14/h5-6,8H,3-4H2,1-2H3. The molecular weight excluding hydrogens is 230 g/mol. The van der Waals surface area contributed by atoms with E-state index in [1.807, 2.05) is 19.9 Å². The van der Waals surface area contributed by atoms with Gasteiger partial charge in [-0.15, -0.1) is 0 Å². The Hall–Kier alpha value is -2.35. The molecule has 2 aromatic rings. The van der Waals surface area contributed by atoms with Crippen molar-refractivity contribution in [3.8, 4) is 17.6 Å². The zero-order valence-corrected chi connectivity index (χ0v) is 10.3. The summed E-state index contributed by atoms with van der Waals surface area (Å²) in [4.78, 5) is 8.07. The van der Waals surface area contributed by atoms with Crippen molar-refractivity contribution < 1.29 is 9.47 Å². The van der Waals surface area contributed by atoms with Gasteiger partial charge in [-0.2, -0.15) is 5.26 Å². The summed E-state index contributed by atoms with van der Waals surface area (Å²) in [5, 5.41) is 9.69. The first kappa shape index (κ1) is 12.1. The molecule has 0 aliphatic carbocycles. The van der Waals surface area contributed by atoms with E-state index in [1.54, 1.807) is 12.1 Å². The van der Waals surface area contributed by atoms with Crippen molar-refractivity contribution in [1.82, 2.24) is 9.97 Å². The lowest BCUT2D eigenvalue weighted by atomic mass is 10.1. The number of hydrogen-bond acceptors (Lipinski definition) is 5. The Bertz CT molecular complexity index is 605. The molecule has 1 heterocycles. The molecule has 0 aliphatic rings. The number of aromatic nitrogens is 2. The quantitative estimate of drug-likeness (QED) is 0.824. The molecule has 5 heteroatoms. The predicted molar refractivity (Wildman–Crippen MR) is 66.6 cm³/mol. The van der Waals surface area contributed by atoms with Crippen LogP contribution in [0.2, 0.25) is 0 Å². The van der Waals surface area contributed by atoms with Crippen LogP contribution in [0.3, 0.4) is 0 Å². The van der Waals surface area contributed by atoms with Gasteiger partial charge in [0.15, 0.2) is 17.2 Å². The highest BCUT2D eigenvalue weighted by atomic mass is 16.5. The Morgan fingerprint density at radius 2 is 1.78 bits per heavy atom. The van der Waals surface area contributed by atoms with Crippen LogP contribution in [-0.2, 0) is 0 Å². The Morgan fingerprint density at radius 1 is 1.11 bits per heavy atom. The van der Waals surface area contributed by atoms with E-state index >= 15 is 0 Å². The van der Waals surface area contributed by atoms with Crippen molar-refractivity contribution >= 4 is 10.9 Å². The van der Waals surface area contributed by atoms with Gasteiger partial charge < -0.3 is 9.47 Å². The van der Waals surface area contributed by atoms with Gasteiger partial charge >= 0.3 is 0 Å². The molecule has 2 rings (SSSR count). The molecule has 0 atom stereocenters. The molecule has 0 N–H and O–H groups in total. The van der Waals surface area contributed by atoms with Gasteiger partial charge in [-0.3, -0.25) is 0 Å². The van der Waals surface area contributed by atoms with Crippen LogP contribution in [0.25, 0.3) is 10.9 Å². The molecule has 1 aromatic carbocycles. The van der Waals surface area contributed by atoms with Crippen LogP contribution < -0.4 is 9.47 Å². The van der Waals surface area contributed by atoms with E-state index in [4.69, 9.17) is 14.7 Å². The summed E-state index contributed by atoms with van der Waals surface area (Å²) in [7, 11) is 0. The molecule has 0 bridgehead atoms. The fourth-order valence-corrected chi connectivity index (χ4v) is 1.69. The molecular formula is C13H13N3O2. The minimum Gasteiger partial charge on any atom is -0.490 e. The number of hydrogen-bond donors (Lipinski definition) is 0. The van der Waals surface area contributed by atoms with Crippen molar-refractivity contribution in [1.29, 1.82) is 5.26 Å². The minimum absolute atomic E-state index is 0.337. The maximum absolute atomic E-state index is 9.02. The Morgan fingerprint density at radius 3 is 2.39 bits per heavy atom. The van der Waals surface area contributed by atoms with Crippen LogP contribution in [-0.4, -0.2) is 23.2 Å². The second-order valence-electron chi connectivity index (χ2n) is 3.52. The summed E-state index contributed by atoms with van der Waals surface area (Å²) in [5.41, 5.74) is 1.01. The first-order valence-corrected chi connectivity index (χ1v) is 5.74. The van der Waals surface area contributed by atoms with Gasteiger partial charge in [-0.25, -0.2) is 9.97 Å². The summed E-state index contributed by atoms with van der Waals surface area (Å²) in [6, 6.07) is 5.57. The van der Waals surface area contributed by atoms with Crippen LogP contribution in [0.15, 0.2) is 18.5 Å². The van der Waals surface area contributed by atoms with Gasteiger partial charge in [0.2, 0.25) is 0 Å². The van der Waals surface area contributed by atoms with E-state index in [0.29, 0.717) is 41.3 Å². The molecule has 5 nitrogen and oxygen atoms in total. The van der Waals surface area contributed by atoms with Crippen LogP contribution in [0.4, 0.5) is 0 Å². The van der Waals surface area contributed by atoms with Gasteiger partial charge in [-0.1, -0.05) is 0 Å². The van der Waals surface area contributed by atoms with E-state index in [1.165, 1.54) is 6.33 Å². The van der Waals surface area contributed by atoms with Crippen molar-refractivity contribution in [2.45, 2.75) is 13.8 Å². The lowest BCUT2D eigenvalue weighted by Gasteiger charge is -2.11. The highest BCUT2D eigenvalue weighted by molar-refractivity contribution is 5.86. The van der Waals surface area contributed by atoms with Gasteiger partial charge in [0.25, 0.3) is 0 Å². The van der Waals surface area contributed by atoms with E-state index in [0.717, 1.165) is 0 Å². The minimum atomic E-state index is 0.337. The Kier molecular flexibility index (Phi) is 3.58. The fourth-order valence-electron chi connectivity index (χ4n) is 1.69. The molecule has 1 aromatic heterocycles. The van der Waals surface area contributed by atoms with Gasteiger partial charge in [0.1, 0.15) is 12.4 Å². The summed E-state index contributed by atoms with van der Waals surface area (Å²) in [6.45, 7) is 4.87. The molecule has 0 saturated heterocycles. The molecule has 0 spiro atoms. The number of ether oxygens (including phenoxy) is 2. The highest BCUT2D eigenvalue weighted by Gasteiger charge is 2.11. The monoisotopic (exact) mass is 243 g/mol. The van der Waals surface area contributed by atoms with Crippen molar-refractivity contribution in [3.05, 3.63) is 24.2 Å². The fraction of sp³-hybridized carbons (Fsp3) is 0.308. The van der Waals surface area contributed by atoms with E-state index in [9.17, 15) is 0 Å². The second kappa shape index (κ2) is 5.32. The smallest absolute Gasteiger partial charge is 0.163 e. The van der Waals surface area contributed by atoms with Crippen molar-refractivity contribution in [2.75, 3.05) is 13.2 Å². The largest absolute Gasteiger partial charge is 0.490 e. The normalized spacial score (nSPS) is 10.1. The molecule has 0 radical (unpaired) electrons. The maximum atomic E-state index is 9.02. The van der Waals surface area contributed by atoms with E-state index in [-0.39, 0.29) is 0 Å². The molecule has 0 amide bonds. The zero-order chi connectivity index (χ0) is 13.0. The molecule has 0 saturated carbocycles. The van der Waals surface area contributed by atoms with E-state index < -0.39 is 0 Å². The summed E-state index contributed by atoms with van der Waals surface area (Å²) in [5.74, 6) is 1.24. The molecule has 0 aliphatic heterocycles. The Balaban J connectivity index is 2.64. The predicted octanol–water partition coefficient (Wildman–Crippen LogP) is 2.30. The first-order valence-electron chi connectivity index (χ1n) is 5.74. The average molecular weight is 243 g/mol. The van der Waals surface area contributed by atoms with Crippen molar-refractivity contribution in [2.24, 2.45) is 0 Å². The topological polar surface area (TPSA) is 68.0 Å². The summed E-state index contributed by atoms with van der Waals surface area (Å²) >= 11 is 0. The van der Waals surface area contributed by atoms with Gasteiger partial charge in [-0.05, 0) is 19.9 Å². The molecule has 92 valence electrons. The van der Waals surface area contributed by atoms with Crippen LogP contribution >= 0.6 is 0 Å². The second-order valence-corrected chi connectivity index (χ2v) is 3.52. The molecule has 0 fully saturated rings. The lowest BCUT2D eigenvalue weighted by Crippen LogP contribution is -1.99. The van der Waals surface area contributed by atoms with Gasteiger partial charge in [0, 0.05) is 11.5 Å². The maximum Gasteiger partial charge on any atom is 0.163 e. The van der Waals surface area contributed by atoms with E-state index in [2.05, 4.69) is 9.97 Å². The third-order valence-corrected chi connectivity index (χ3v) is 2.41. The molecule has 18 heavy (non-hydrogen) atoms. The number of rotatable bonds is 4.